The largest absolute Gasteiger partial charge is 0.456 e. The predicted molar refractivity (Wildman–Crippen MR) is 227 cm³/mol. The molecule has 0 aliphatic rings. The van der Waals surface area contributed by atoms with Crippen LogP contribution in [0, 0.1) is 0 Å². The molecule has 2 heteroatoms. The van der Waals surface area contributed by atoms with E-state index < -0.39 is 0 Å². The van der Waals surface area contributed by atoms with Gasteiger partial charge in [-0.05, 0) is 101 Å². The number of hydrogen-bond acceptors (Lipinski definition) is 2. The maximum atomic E-state index is 6.55. The van der Waals surface area contributed by atoms with Gasteiger partial charge in [-0.3, -0.25) is 0 Å². The van der Waals surface area contributed by atoms with Crippen LogP contribution in [0.2, 0.25) is 0 Å². The summed E-state index contributed by atoms with van der Waals surface area (Å²) in [6.07, 6.45) is 0. The van der Waals surface area contributed by atoms with E-state index in [4.69, 9.17) is 8.83 Å². The summed E-state index contributed by atoms with van der Waals surface area (Å²) in [6.45, 7) is 0. The zero-order valence-electron chi connectivity index (χ0n) is 29.1. The molecule has 54 heavy (non-hydrogen) atoms. The summed E-state index contributed by atoms with van der Waals surface area (Å²) in [4.78, 5) is 0. The van der Waals surface area contributed by atoms with Crippen molar-refractivity contribution in [3.05, 3.63) is 182 Å². The van der Waals surface area contributed by atoms with Crippen LogP contribution in [0.5, 0.6) is 0 Å². The SMILES string of the molecule is c1ccc2c(-c3c4ccccc4c(-c4ccc(-c5ccc6c(ccc7c8cc9c(cc8oc67)oc6ccccc69)c5)cc4)c4ccccc34)cccc2c1. The van der Waals surface area contributed by atoms with Crippen LogP contribution in [0.4, 0.5) is 0 Å². The third kappa shape index (κ3) is 4.22. The molecule has 0 atom stereocenters. The topological polar surface area (TPSA) is 26.3 Å². The van der Waals surface area contributed by atoms with Gasteiger partial charge in [0.05, 0.1) is 0 Å². The molecule has 0 unspecified atom stereocenters. The van der Waals surface area contributed by atoms with Gasteiger partial charge >= 0.3 is 0 Å². The molecule has 0 N–H and O–H groups in total. The molecule has 0 fully saturated rings. The molecule has 0 spiro atoms. The minimum Gasteiger partial charge on any atom is -0.456 e. The summed E-state index contributed by atoms with van der Waals surface area (Å²) in [5, 5.41) is 14.3. The Morgan fingerprint density at radius 3 is 1.61 bits per heavy atom. The first kappa shape index (κ1) is 29.4. The average Bonchev–Trinajstić information content (AvgIpc) is 3.79. The normalized spacial score (nSPS) is 12.1. The second-order valence-corrected chi connectivity index (χ2v) is 14.4. The molecular weight excluding hydrogens is 657 g/mol. The average molecular weight is 687 g/mol. The van der Waals surface area contributed by atoms with E-state index >= 15 is 0 Å². The van der Waals surface area contributed by atoms with Crippen LogP contribution in [-0.2, 0) is 0 Å². The molecule has 2 aromatic heterocycles. The molecule has 0 radical (unpaired) electrons. The van der Waals surface area contributed by atoms with Crippen LogP contribution in [0.15, 0.2) is 191 Å². The molecule has 0 saturated carbocycles. The van der Waals surface area contributed by atoms with E-state index in [1.54, 1.807) is 0 Å². The number of furan rings is 2. The van der Waals surface area contributed by atoms with Crippen molar-refractivity contribution in [3.63, 3.8) is 0 Å². The van der Waals surface area contributed by atoms with E-state index in [0.717, 1.165) is 54.6 Å². The molecule has 2 heterocycles. The van der Waals surface area contributed by atoms with Gasteiger partial charge in [0.2, 0.25) is 0 Å². The van der Waals surface area contributed by atoms with Crippen LogP contribution >= 0.6 is 0 Å². The van der Waals surface area contributed by atoms with E-state index in [2.05, 4.69) is 164 Å². The van der Waals surface area contributed by atoms with E-state index in [-0.39, 0.29) is 0 Å². The lowest BCUT2D eigenvalue weighted by Gasteiger charge is -2.19. The van der Waals surface area contributed by atoms with Gasteiger partial charge in [0, 0.05) is 33.0 Å². The summed E-state index contributed by atoms with van der Waals surface area (Å²) in [5.74, 6) is 0. The molecule has 250 valence electrons. The van der Waals surface area contributed by atoms with Crippen LogP contribution in [0.1, 0.15) is 0 Å². The fourth-order valence-electron chi connectivity index (χ4n) is 8.96. The Morgan fingerprint density at radius 1 is 0.259 bits per heavy atom. The molecule has 0 aliphatic carbocycles. The van der Waals surface area contributed by atoms with Gasteiger partial charge in [0.25, 0.3) is 0 Å². The van der Waals surface area contributed by atoms with Gasteiger partial charge < -0.3 is 8.83 Å². The zero-order chi connectivity index (χ0) is 35.3. The summed E-state index contributed by atoms with van der Waals surface area (Å²) in [7, 11) is 0. The van der Waals surface area contributed by atoms with Crippen LogP contribution < -0.4 is 0 Å². The lowest BCUT2D eigenvalue weighted by molar-refractivity contribution is 0.658. The van der Waals surface area contributed by atoms with E-state index in [0.29, 0.717) is 0 Å². The molecular formula is C52H30O2. The van der Waals surface area contributed by atoms with Gasteiger partial charge in [0.15, 0.2) is 0 Å². The van der Waals surface area contributed by atoms with Crippen molar-refractivity contribution < 1.29 is 8.83 Å². The van der Waals surface area contributed by atoms with Crippen molar-refractivity contribution in [2.45, 2.75) is 0 Å². The first-order valence-electron chi connectivity index (χ1n) is 18.5. The monoisotopic (exact) mass is 686 g/mol. The smallest absolute Gasteiger partial charge is 0.143 e. The van der Waals surface area contributed by atoms with Gasteiger partial charge in [0.1, 0.15) is 22.3 Å². The standard InChI is InChI=1S/C52H30O2/c1-2-12-36-32(10-1)11-9-18-39(36)51-42-16-5-3-14-40(42)50(41-15-4-6-17-43(41)51)33-22-20-31(21-23-33)34-24-26-37-35(28-34)25-27-44-46-29-45-38-13-7-8-19-47(38)53-48(45)30-49(46)54-52(37)44/h1-30H. The third-order valence-corrected chi connectivity index (χ3v) is 11.4. The number of rotatable bonds is 3. The Labute approximate surface area is 310 Å². The van der Waals surface area contributed by atoms with Crippen molar-refractivity contribution in [3.8, 4) is 33.4 Å². The summed E-state index contributed by atoms with van der Waals surface area (Å²) in [6, 6.07) is 65.8. The minimum absolute atomic E-state index is 0.842. The molecule has 0 amide bonds. The maximum Gasteiger partial charge on any atom is 0.143 e. The first-order chi connectivity index (χ1) is 26.8. The van der Waals surface area contributed by atoms with Crippen molar-refractivity contribution in [2.24, 2.45) is 0 Å². The molecule has 0 bridgehead atoms. The maximum absolute atomic E-state index is 6.55. The van der Waals surface area contributed by atoms with E-state index in [9.17, 15) is 0 Å². The van der Waals surface area contributed by atoms with Crippen molar-refractivity contribution in [1.82, 2.24) is 0 Å². The van der Waals surface area contributed by atoms with Crippen molar-refractivity contribution in [2.75, 3.05) is 0 Å². The lowest BCUT2D eigenvalue weighted by atomic mass is 9.84. The van der Waals surface area contributed by atoms with Crippen LogP contribution in [-0.4, -0.2) is 0 Å². The first-order valence-corrected chi connectivity index (χ1v) is 18.5. The molecule has 12 aromatic rings. The quantitative estimate of drug-likeness (QED) is 0.173. The number of hydrogen-bond donors (Lipinski definition) is 0. The van der Waals surface area contributed by atoms with E-state index in [1.807, 2.05) is 18.2 Å². The molecule has 12 rings (SSSR count). The highest BCUT2D eigenvalue weighted by atomic mass is 16.3. The van der Waals surface area contributed by atoms with Crippen LogP contribution in [0.3, 0.4) is 0 Å². The molecule has 0 saturated heterocycles. The van der Waals surface area contributed by atoms with Crippen molar-refractivity contribution >= 4 is 87.0 Å². The number of benzene rings is 10. The van der Waals surface area contributed by atoms with Gasteiger partial charge in [-0.1, -0.05) is 146 Å². The van der Waals surface area contributed by atoms with E-state index in [1.165, 1.54) is 65.7 Å². The number of fused-ring (bicyclic) bond motifs is 11. The highest BCUT2D eigenvalue weighted by molar-refractivity contribution is 6.24. The summed E-state index contributed by atoms with van der Waals surface area (Å²) >= 11 is 0. The zero-order valence-corrected chi connectivity index (χ0v) is 29.1. The van der Waals surface area contributed by atoms with Gasteiger partial charge in [-0.25, -0.2) is 0 Å². The Hall–Kier alpha value is -7.16. The fourth-order valence-corrected chi connectivity index (χ4v) is 8.96. The highest BCUT2D eigenvalue weighted by Crippen LogP contribution is 2.46. The Kier molecular flexibility index (Phi) is 6.09. The Bertz CT molecular complexity index is 3430. The predicted octanol–water partition coefficient (Wildman–Crippen LogP) is 15.1. The second-order valence-electron chi connectivity index (χ2n) is 14.4. The molecule has 10 aromatic carbocycles. The molecule has 2 nitrogen and oxygen atoms in total. The van der Waals surface area contributed by atoms with Gasteiger partial charge in [-0.2, -0.15) is 0 Å². The van der Waals surface area contributed by atoms with Gasteiger partial charge in [-0.15, -0.1) is 0 Å². The lowest BCUT2D eigenvalue weighted by Crippen LogP contribution is -1.91. The second kappa shape index (κ2) is 11.2. The number of para-hydroxylation sites is 1. The Morgan fingerprint density at radius 2 is 0.833 bits per heavy atom. The van der Waals surface area contributed by atoms with Crippen molar-refractivity contribution in [1.29, 1.82) is 0 Å². The highest BCUT2D eigenvalue weighted by Gasteiger charge is 2.19. The fraction of sp³-hybridized carbons (Fsp3) is 0. The minimum atomic E-state index is 0.842. The Balaban J connectivity index is 0.974. The molecule has 0 aliphatic heterocycles. The third-order valence-electron chi connectivity index (χ3n) is 11.4. The van der Waals surface area contributed by atoms with Crippen LogP contribution in [0.25, 0.3) is 120 Å². The summed E-state index contributed by atoms with van der Waals surface area (Å²) < 4.78 is 12.7. The summed E-state index contributed by atoms with van der Waals surface area (Å²) in [5.41, 5.74) is 10.9.